The number of ether oxygens (including phenoxy) is 1. The molecule has 0 aromatic carbocycles. The van der Waals surface area contributed by atoms with Crippen molar-refractivity contribution in [3.63, 3.8) is 0 Å². The third-order valence-corrected chi connectivity index (χ3v) is 3.91. The summed E-state index contributed by atoms with van der Waals surface area (Å²) >= 11 is 4.55. The molecule has 1 amide bonds. The average molecular weight is 320 g/mol. The molecule has 1 heterocycles. The molecule has 0 saturated heterocycles. The molecular weight excluding hydrogens is 306 g/mol. The molecule has 0 bridgehead atoms. The average Bonchev–Trinajstić information content (AvgIpc) is 2.53. The summed E-state index contributed by atoms with van der Waals surface area (Å²) in [5.41, 5.74) is 1.29. The molecule has 0 aliphatic carbocycles. The summed E-state index contributed by atoms with van der Waals surface area (Å²) in [6, 6.07) is 0. The normalized spacial score (nSPS) is 12.1. The van der Waals surface area contributed by atoms with E-state index in [0.717, 1.165) is 10.4 Å². The molecule has 1 aromatic rings. The summed E-state index contributed by atoms with van der Waals surface area (Å²) in [4.78, 5) is 23.9. The van der Waals surface area contributed by atoms with Gasteiger partial charge in [0.1, 0.15) is 5.00 Å². The maximum absolute atomic E-state index is 11.6. The number of nitrogens with one attached hydrogen (secondary N) is 1. The molecule has 6 heteroatoms. The number of anilines is 1. The van der Waals surface area contributed by atoms with Crippen LogP contribution < -0.4 is 5.32 Å². The third kappa shape index (κ3) is 3.07. The topological polar surface area (TPSA) is 55.4 Å². The maximum atomic E-state index is 11.6. The van der Waals surface area contributed by atoms with Crippen molar-refractivity contribution in [3.05, 3.63) is 16.0 Å². The first kappa shape index (κ1) is 14.2. The quantitative estimate of drug-likeness (QED) is 0.688. The number of aryl methyl sites for hydroxylation is 1. The molecule has 17 heavy (non-hydrogen) atoms. The lowest BCUT2D eigenvalue weighted by Crippen LogP contribution is -2.20. The Morgan fingerprint density at radius 1 is 1.41 bits per heavy atom. The highest BCUT2D eigenvalue weighted by Gasteiger charge is 2.22. The summed E-state index contributed by atoms with van der Waals surface area (Å²) in [7, 11) is 1.33. The first-order valence-corrected chi connectivity index (χ1v) is 6.75. The second kappa shape index (κ2) is 5.64. The van der Waals surface area contributed by atoms with Crippen LogP contribution in [0.3, 0.4) is 0 Å². The van der Waals surface area contributed by atoms with Crippen LogP contribution in [-0.4, -0.2) is 23.8 Å². The zero-order valence-electron chi connectivity index (χ0n) is 10.1. The molecule has 4 nitrogen and oxygen atoms in total. The van der Waals surface area contributed by atoms with E-state index >= 15 is 0 Å². The van der Waals surface area contributed by atoms with Crippen LogP contribution in [0.5, 0.6) is 0 Å². The summed E-state index contributed by atoms with van der Waals surface area (Å²) in [5.74, 6) is -0.610. The summed E-state index contributed by atoms with van der Waals surface area (Å²) < 4.78 is 4.72. The minimum Gasteiger partial charge on any atom is -0.465 e. The Labute approximate surface area is 112 Å². The Balaban J connectivity index is 3.11. The van der Waals surface area contributed by atoms with Gasteiger partial charge in [0.2, 0.25) is 5.91 Å². The van der Waals surface area contributed by atoms with E-state index in [0.29, 0.717) is 10.6 Å². The lowest BCUT2D eigenvalue weighted by molar-refractivity contribution is -0.115. The van der Waals surface area contributed by atoms with Crippen LogP contribution in [-0.2, 0) is 9.53 Å². The van der Waals surface area contributed by atoms with E-state index in [9.17, 15) is 9.59 Å². The second-order valence-electron chi connectivity index (χ2n) is 3.58. The molecule has 0 radical (unpaired) electrons. The SMILES string of the molecule is COC(=O)c1c(NC(=O)C(C)Br)sc(C)c1C. The van der Waals surface area contributed by atoms with E-state index in [1.807, 2.05) is 13.8 Å². The largest absolute Gasteiger partial charge is 0.465 e. The van der Waals surface area contributed by atoms with Crippen LogP contribution in [0.4, 0.5) is 5.00 Å². The molecule has 1 rings (SSSR count). The lowest BCUT2D eigenvalue weighted by atomic mass is 10.1. The molecule has 1 aromatic heterocycles. The van der Waals surface area contributed by atoms with Gasteiger partial charge in [-0.15, -0.1) is 11.3 Å². The number of halogens is 1. The van der Waals surface area contributed by atoms with Crippen LogP contribution in [0.25, 0.3) is 0 Å². The monoisotopic (exact) mass is 319 g/mol. The van der Waals surface area contributed by atoms with Gasteiger partial charge in [0.25, 0.3) is 0 Å². The van der Waals surface area contributed by atoms with Crippen LogP contribution >= 0.6 is 27.3 Å². The molecule has 0 aliphatic rings. The fourth-order valence-corrected chi connectivity index (χ4v) is 2.44. The first-order chi connectivity index (χ1) is 7.88. The number of amides is 1. The maximum Gasteiger partial charge on any atom is 0.341 e. The van der Waals surface area contributed by atoms with Gasteiger partial charge in [0, 0.05) is 4.88 Å². The number of carbonyl (C=O) groups is 2. The number of methoxy groups -OCH3 is 1. The van der Waals surface area contributed by atoms with E-state index < -0.39 is 5.97 Å². The number of thiophene rings is 1. The minimum atomic E-state index is -0.427. The number of alkyl halides is 1. The van der Waals surface area contributed by atoms with Crippen molar-refractivity contribution in [3.8, 4) is 0 Å². The molecule has 0 spiro atoms. The highest BCUT2D eigenvalue weighted by atomic mass is 79.9. The van der Waals surface area contributed by atoms with Crippen LogP contribution in [0.15, 0.2) is 0 Å². The Hall–Kier alpha value is -0.880. The zero-order chi connectivity index (χ0) is 13.2. The van der Waals surface area contributed by atoms with E-state index in [4.69, 9.17) is 4.74 Å². The van der Waals surface area contributed by atoms with Crippen molar-refractivity contribution in [2.75, 3.05) is 12.4 Å². The van der Waals surface area contributed by atoms with Gasteiger partial charge < -0.3 is 10.1 Å². The fraction of sp³-hybridized carbons (Fsp3) is 0.455. The van der Waals surface area contributed by atoms with Crippen LogP contribution in [0.2, 0.25) is 0 Å². The highest BCUT2D eigenvalue weighted by Crippen LogP contribution is 2.33. The molecule has 0 saturated carbocycles. The second-order valence-corrected chi connectivity index (χ2v) is 6.18. The summed E-state index contributed by atoms with van der Waals surface area (Å²) in [6.45, 7) is 5.46. The lowest BCUT2D eigenvalue weighted by Gasteiger charge is -2.07. The van der Waals surface area contributed by atoms with Gasteiger partial charge in [-0.25, -0.2) is 4.79 Å². The number of esters is 1. The zero-order valence-corrected chi connectivity index (χ0v) is 12.5. The van der Waals surface area contributed by atoms with Crippen molar-refractivity contribution in [1.82, 2.24) is 0 Å². The smallest absolute Gasteiger partial charge is 0.341 e. The summed E-state index contributed by atoms with van der Waals surface area (Å²) in [6.07, 6.45) is 0. The van der Waals surface area contributed by atoms with Gasteiger partial charge in [-0.05, 0) is 26.3 Å². The van der Waals surface area contributed by atoms with Crippen molar-refractivity contribution < 1.29 is 14.3 Å². The van der Waals surface area contributed by atoms with E-state index in [1.54, 1.807) is 6.92 Å². The van der Waals surface area contributed by atoms with E-state index in [-0.39, 0.29) is 10.7 Å². The minimum absolute atomic E-state index is 0.184. The standard InChI is InChI=1S/C11H14BrNO3S/c1-5-7(3)17-10(8(5)11(15)16-4)13-9(14)6(2)12/h6H,1-4H3,(H,13,14). The molecule has 1 N–H and O–H groups in total. The summed E-state index contributed by atoms with van der Waals surface area (Å²) in [5, 5.41) is 3.26. The Kier molecular flexibility index (Phi) is 4.70. The number of hydrogen-bond acceptors (Lipinski definition) is 4. The molecule has 0 fully saturated rings. The van der Waals surface area contributed by atoms with E-state index in [1.165, 1.54) is 18.4 Å². The molecule has 1 atom stereocenters. The first-order valence-electron chi connectivity index (χ1n) is 5.01. The Morgan fingerprint density at radius 2 is 2.00 bits per heavy atom. The number of rotatable bonds is 3. The van der Waals surface area contributed by atoms with Crippen molar-refractivity contribution in [2.45, 2.75) is 25.6 Å². The fourth-order valence-electron chi connectivity index (χ4n) is 1.27. The van der Waals surface area contributed by atoms with Crippen molar-refractivity contribution in [2.24, 2.45) is 0 Å². The molecule has 1 unspecified atom stereocenters. The Morgan fingerprint density at radius 3 is 2.47 bits per heavy atom. The van der Waals surface area contributed by atoms with Gasteiger partial charge in [0.15, 0.2) is 0 Å². The molecular formula is C11H14BrNO3S. The number of hydrogen-bond donors (Lipinski definition) is 1. The van der Waals surface area contributed by atoms with Crippen LogP contribution in [0, 0.1) is 13.8 Å². The molecule has 94 valence electrons. The van der Waals surface area contributed by atoms with Gasteiger partial charge in [0.05, 0.1) is 17.5 Å². The van der Waals surface area contributed by atoms with Crippen molar-refractivity contribution in [1.29, 1.82) is 0 Å². The Bertz CT molecular complexity index is 454. The van der Waals surface area contributed by atoms with Gasteiger partial charge in [-0.2, -0.15) is 0 Å². The predicted molar refractivity (Wildman–Crippen MR) is 72.2 cm³/mol. The van der Waals surface area contributed by atoms with Crippen molar-refractivity contribution >= 4 is 44.1 Å². The van der Waals surface area contributed by atoms with Gasteiger partial charge >= 0.3 is 5.97 Å². The molecule has 0 aliphatic heterocycles. The third-order valence-electron chi connectivity index (χ3n) is 2.37. The highest BCUT2D eigenvalue weighted by molar-refractivity contribution is 9.10. The van der Waals surface area contributed by atoms with Gasteiger partial charge in [-0.1, -0.05) is 15.9 Å². The van der Waals surface area contributed by atoms with Gasteiger partial charge in [-0.3, -0.25) is 4.79 Å². The predicted octanol–water partition coefficient (Wildman–Crippen LogP) is 2.87. The number of carbonyl (C=O) groups excluding carboxylic acids is 2. The van der Waals surface area contributed by atoms with E-state index in [2.05, 4.69) is 21.2 Å². The van der Waals surface area contributed by atoms with Crippen LogP contribution in [0.1, 0.15) is 27.7 Å².